The molecule has 0 unspecified atom stereocenters. The van der Waals surface area contributed by atoms with Crippen molar-refractivity contribution < 1.29 is 9.90 Å². The predicted octanol–water partition coefficient (Wildman–Crippen LogP) is 2.96. The fraction of sp³-hybridized carbons (Fsp3) is 0.357. The Morgan fingerprint density at radius 2 is 2.00 bits per heavy atom. The molecule has 2 aromatic heterocycles. The number of nitrogens with zero attached hydrogens (tertiary/aromatic N) is 3. The zero-order valence-corrected chi connectivity index (χ0v) is 13.0. The molecule has 0 spiro atoms. The highest BCUT2D eigenvalue weighted by molar-refractivity contribution is 7.13. The van der Waals surface area contributed by atoms with Gasteiger partial charge in [-0.3, -0.25) is 4.68 Å². The van der Waals surface area contributed by atoms with E-state index in [1.807, 2.05) is 32.5 Å². The van der Waals surface area contributed by atoms with Crippen LogP contribution in [0.5, 0.6) is 0 Å². The van der Waals surface area contributed by atoms with Gasteiger partial charge in [-0.1, -0.05) is 0 Å². The number of aliphatic carboxylic acids is 1. The fourth-order valence-electron chi connectivity index (χ4n) is 2.23. The lowest BCUT2D eigenvalue weighted by Crippen LogP contribution is -1.94. The van der Waals surface area contributed by atoms with Crippen LogP contribution in [0.15, 0.2) is 6.08 Å². The lowest BCUT2D eigenvalue weighted by Gasteiger charge is -2.03. The number of thiazole rings is 1. The van der Waals surface area contributed by atoms with Crippen LogP contribution in [0.25, 0.3) is 16.8 Å². The van der Waals surface area contributed by atoms with Crippen LogP contribution >= 0.6 is 11.3 Å². The van der Waals surface area contributed by atoms with Gasteiger partial charge in [0.05, 0.1) is 21.3 Å². The molecule has 0 saturated carbocycles. The maximum absolute atomic E-state index is 10.9. The summed E-state index contributed by atoms with van der Waals surface area (Å²) >= 11 is 1.51. The highest BCUT2D eigenvalue weighted by atomic mass is 32.1. The van der Waals surface area contributed by atoms with Crippen molar-refractivity contribution in [2.24, 2.45) is 7.05 Å². The summed E-state index contributed by atoms with van der Waals surface area (Å²) in [6.07, 6.45) is 1.22. The molecule has 5 nitrogen and oxygen atoms in total. The first kappa shape index (κ1) is 14.5. The molecule has 0 saturated heterocycles. The van der Waals surface area contributed by atoms with Gasteiger partial charge in [-0.15, -0.1) is 11.3 Å². The molecule has 6 heteroatoms. The molecule has 0 aromatic carbocycles. The Bertz CT molecular complexity index is 710. The van der Waals surface area contributed by atoms with E-state index in [-0.39, 0.29) is 0 Å². The van der Waals surface area contributed by atoms with Gasteiger partial charge in [-0.2, -0.15) is 5.10 Å². The van der Waals surface area contributed by atoms with Gasteiger partial charge >= 0.3 is 5.97 Å². The van der Waals surface area contributed by atoms with Crippen molar-refractivity contribution in [3.05, 3.63) is 27.3 Å². The van der Waals surface area contributed by atoms with Crippen molar-refractivity contribution in [2.75, 3.05) is 0 Å². The Labute approximate surface area is 121 Å². The Morgan fingerprint density at radius 1 is 1.35 bits per heavy atom. The lowest BCUT2D eigenvalue weighted by atomic mass is 10.1. The largest absolute Gasteiger partial charge is 0.478 e. The molecule has 0 bridgehead atoms. The molecular formula is C14H17N3O2S. The molecule has 0 aliphatic heterocycles. The number of hydrogen-bond acceptors (Lipinski definition) is 4. The summed E-state index contributed by atoms with van der Waals surface area (Å²) in [5.74, 6) is -0.945. The maximum Gasteiger partial charge on any atom is 0.328 e. The molecule has 2 heterocycles. The smallest absolute Gasteiger partial charge is 0.328 e. The van der Waals surface area contributed by atoms with E-state index in [0.717, 1.165) is 32.5 Å². The minimum Gasteiger partial charge on any atom is -0.478 e. The summed E-state index contributed by atoms with van der Waals surface area (Å²) in [6, 6.07) is 0. The van der Waals surface area contributed by atoms with Crippen molar-refractivity contribution in [2.45, 2.75) is 27.7 Å². The number of carboxylic acid groups (broad SMARTS) is 1. The van der Waals surface area contributed by atoms with Crippen LogP contribution in [0.3, 0.4) is 0 Å². The van der Waals surface area contributed by atoms with Crippen molar-refractivity contribution in [1.29, 1.82) is 0 Å². The van der Waals surface area contributed by atoms with E-state index in [0.29, 0.717) is 5.57 Å². The number of rotatable bonds is 3. The van der Waals surface area contributed by atoms with Gasteiger partial charge in [0.25, 0.3) is 0 Å². The van der Waals surface area contributed by atoms with Crippen LogP contribution in [0.4, 0.5) is 0 Å². The first-order chi connectivity index (χ1) is 9.31. The predicted molar refractivity (Wildman–Crippen MR) is 79.8 cm³/mol. The average molecular weight is 291 g/mol. The molecule has 2 aromatic rings. The van der Waals surface area contributed by atoms with Crippen molar-refractivity contribution in [1.82, 2.24) is 14.8 Å². The SMILES string of the molecule is C/C(=C\C(=O)O)c1sc(C)nc1-c1c(C)nn(C)c1C. The summed E-state index contributed by atoms with van der Waals surface area (Å²) in [5, 5.41) is 14.2. The van der Waals surface area contributed by atoms with Crippen molar-refractivity contribution in [3.8, 4) is 11.3 Å². The second kappa shape index (κ2) is 5.20. The highest BCUT2D eigenvalue weighted by Gasteiger charge is 2.20. The van der Waals surface area contributed by atoms with Crippen LogP contribution in [0.1, 0.15) is 28.2 Å². The van der Waals surface area contributed by atoms with E-state index < -0.39 is 5.97 Å². The maximum atomic E-state index is 10.9. The second-order valence-electron chi connectivity index (χ2n) is 4.75. The summed E-state index contributed by atoms with van der Waals surface area (Å²) in [5.41, 5.74) is 4.45. The molecule has 0 amide bonds. The summed E-state index contributed by atoms with van der Waals surface area (Å²) < 4.78 is 1.82. The van der Waals surface area contributed by atoms with E-state index in [9.17, 15) is 4.79 Å². The molecule has 2 rings (SSSR count). The zero-order chi connectivity index (χ0) is 15.0. The van der Waals surface area contributed by atoms with Gasteiger partial charge < -0.3 is 5.11 Å². The molecule has 20 heavy (non-hydrogen) atoms. The Balaban J connectivity index is 2.67. The molecule has 106 valence electrons. The first-order valence-corrected chi connectivity index (χ1v) is 7.02. The van der Waals surface area contributed by atoms with Crippen molar-refractivity contribution in [3.63, 3.8) is 0 Å². The number of allylic oxidation sites excluding steroid dienone is 1. The number of hydrogen-bond donors (Lipinski definition) is 1. The zero-order valence-electron chi connectivity index (χ0n) is 12.2. The summed E-state index contributed by atoms with van der Waals surface area (Å²) in [7, 11) is 1.89. The summed E-state index contributed by atoms with van der Waals surface area (Å²) in [4.78, 5) is 16.3. The van der Waals surface area contributed by atoms with E-state index in [2.05, 4.69) is 10.1 Å². The lowest BCUT2D eigenvalue weighted by molar-refractivity contribution is -0.131. The molecule has 0 aliphatic rings. The summed E-state index contributed by atoms with van der Waals surface area (Å²) in [6.45, 7) is 7.65. The van der Waals surface area contributed by atoms with E-state index in [4.69, 9.17) is 5.11 Å². The van der Waals surface area contributed by atoms with Gasteiger partial charge in [0, 0.05) is 24.4 Å². The third-order valence-corrected chi connectivity index (χ3v) is 4.28. The van der Waals surface area contributed by atoms with Crippen LogP contribution < -0.4 is 0 Å². The Kier molecular flexibility index (Phi) is 3.76. The number of aromatic nitrogens is 3. The number of aryl methyl sites for hydroxylation is 3. The van der Waals surface area contributed by atoms with Crippen LogP contribution in [-0.2, 0) is 11.8 Å². The minimum absolute atomic E-state index is 0.709. The molecule has 0 radical (unpaired) electrons. The third kappa shape index (κ3) is 2.51. The van der Waals surface area contributed by atoms with Crippen LogP contribution in [-0.4, -0.2) is 25.8 Å². The molecule has 0 aliphatic carbocycles. The Morgan fingerprint density at radius 3 is 2.50 bits per heavy atom. The van der Waals surface area contributed by atoms with Crippen LogP contribution in [0.2, 0.25) is 0 Å². The van der Waals surface area contributed by atoms with Gasteiger partial charge in [0.1, 0.15) is 0 Å². The third-order valence-electron chi connectivity index (χ3n) is 3.18. The van der Waals surface area contributed by atoms with E-state index >= 15 is 0 Å². The first-order valence-electron chi connectivity index (χ1n) is 6.20. The highest BCUT2D eigenvalue weighted by Crippen LogP contribution is 2.36. The number of carboxylic acids is 1. The normalized spacial score (nSPS) is 11.9. The van der Waals surface area contributed by atoms with Gasteiger partial charge in [-0.05, 0) is 33.3 Å². The van der Waals surface area contributed by atoms with E-state index in [1.54, 1.807) is 6.92 Å². The average Bonchev–Trinajstić information content (AvgIpc) is 2.80. The Hall–Kier alpha value is -1.95. The van der Waals surface area contributed by atoms with Crippen LogP contribution in [0, 0.1) is 20.8 Å². The molecule has 1 N–H and O–H groups in total. The fourth-order valence-corrected chi connectivity index (χ4v) is 3.13. The quantitative estimate of drug-likeness (QED) is 0.883. The van der Waals surface area contributed by atoms with Crippen molar-refractivity contribution >= 4 is 22.9 Å². The topological polar surface area (TPSA) is 68.0 Å². The minimum atomic E-state index is -0.945. The van der Waals surface area contributed by atoms with E-state index in [1.165, 1.54) is 17.4 Å². The van der Waals surface area contributed by atoms with Gasteiger partial charge in [0.15, 0.2) is 0 Å². The standard InChI is InChI=1S/C14H17N3O2S/c1-7(6-11(18)19)14-13(15-10(4)20-14)12-8(2)16-17(5)9(12)3/h6H,1-5H3,(H,18,19)/b7-6+. The second-order valence-corrected chi connectivity index (χ2v) is 5.95. The molecular weight excluding hydrogens is 274 g/mol. The van der Waals surface area contributed by atoms with Gasteiger partial charge in [-0.25, -0.2) is 9.78 Å². The monoisotopic (exact) mass is 291 g/mol. The van der Waals surface area contributed by atoms with Gasteiger partial charge in [0.2, 0.25) is 0 Å². The molecule has 0 atom stereocenters. The number of carbonyl (C=O) groups is 1. The molecule has 0 fully saturated rings.